The van der Waals surface area contributed by atoms with Gasteiger partial charge in [0.1, 0.15) is 5.65 Å². The minimum absolute atomic E-state index is 0. The van der Waals surface area contributed by atoms with Crippen LogP contribution in [0, 0.1) is 13.8 Å². The number of pyridine rings is 1. The normalized spacial score (nSPS) is 11.4. The van der Waals surface area contributed by atoms with Gasteiger partial charge < -0.3 is 15.0 Å². The van der Waals surface area contributed by atoms with E-state index < -0.39 is 0 Å². The lowest BCUT2D eigenvalue weighted by atomic mass is 10.3. The molecule has 128 valence electrons. The van der Waals surface area contributed by atoms with Crippen molar-refractivity contribution in [1.82, 2.24) is 20.0 Å². The molecule has 0 amide bonds. The van der Waals surface area contributed by atoms with Crippen molar-refractivity contribution < 1.29 is 0 Å². The van der Waals surface area contributed by atoms with Crippen LogP contribution >= 0.6 is 35.3 Å². The summed E-state index contributed by atoms with van der Waals surface area (Å²) in [7, 11) is 1.78. The molecule has 3 rings (SSSR count). The molecule has 0 unspecified atom stereocenters. The van der Waals surface area contributed by atoms with Crippen LogP contribution in [-0.2, 0) is 13.1 Å². The molecule has 0 saturated carbocycles. The lowest BCUT2D eigenvalue weighted by Gasteiger charge is -2.09. The van der Waals surface area contributed by atoms with Gasteiger partial charge in [0.15, 0.2) is 5.96 Å². The average Bonchev–Trinajstić information content (AvgIpc) is 3.12. The van der Waals surface area contributed by atoms with Gasteiger partial charge >= 0.3 is 0 Å². The summed E-state index contributed by atoms with van der Waals surface area (Å²) in [6.45, 7) is 5.61. The largest absolute Gasteiger partial charge is 0.352 e. The number of guanidine groups is 1. The highest BCUT2D eigenvalue weighted by Crippen LogP contribution is 2.14. The first-order chi connectivity index (χ1) is 11.1. The average molecular weight is 455 g/mol. The Kier molecular flexibility index (Phi) is 6.61. The fourth-order valence-corrected chi connectivity index (χ4v) is 3.20. The summed E-state index contributed by atoms with van der Waals surface area (Å²) in [4.78, 5) is 11.5. The lowest BCUT2D eigenvalue weighted by Crippen LogP contribution is -2.36. The molecule has 0 radical (unpaired) electrons. The van der Waals surface area contributed by atoms with Crippen LogP contribution < -0.4 is 10.6 Å². The minimum atomic E-state index is 0. The van der Waals surface area contributed by atoms with Crippen molar-refractivity contribution in [3.8, 4) is 0 Å². The van der Waals surface area contributed by atoms with Gasteiger partial charge in [-0.1, -0.05) is 0 Å². The van der Waals surface area contributed by atoms with E-state index in [-0.39, 0.29) is 24.0 Å². The van der Waals surface area contributed by atoms with Crippen LogP contribution in [0.4, 0.5) is 0 Å². The Balaban J connectivity index is 0.00000208. The van der Waals surface area contributed by atoms with Crippen molar-refractivity contribution in [3.63, 3.8) is 0 Å². The molecular formula is C17H22IN5S. The highest BCUT2D eigenvalue weighted by molar-refractivity contribution is 14.0. The molecule has 0 saturated heterocycles. The number of thiophene rings is 1. The molecule has 7 heteroatoms. The predicted molar refractivity (Wildman–Crippen MR) is 111 cm³/mol. The maximum atomic E-state index is 4.62. The Hall–Kier alpha value is -1.61. The summed E-state index contributed by atoms with van der Waals surface area (Å²) in [6.07, 6.45) is 4.07. The van der Waals surface area contributed by atoms with E-state index >= 15 is 0 Å². The summed E-state index contributed by atoms with van der Waals surface area (Å²) in [5, 5.41) is 6.63. The smallest absolute Gasteiger partial charge is 0.191 e. The Morgan fingerprint density at radius 1 is 1.21 bits per heavy atom. The number of aryl methyl sites for hydroxylation is 2. The van der Waals surface area contributed by atoms with Crippen molar-refractivity contribution in [3.05, 3.63) is 57.7 Å². The zero-order valence-electron chi connectivity index (χ0n) is 14.0. The molecule has 0 spiro atoms. The van der Waals surface area contributed by atoms with Crippen molar-refractivity contribution in [2.45, 2.75) is 26.9 Å². The second-order valence-electron chi connectivity index (χ2n) is 5.49. The predicted octanol–water partition coefficient (Wildman–Crippen LogP) is 3.50. The Labute approximate surface area is 163 Å². The molecule has 3 aromatic rings. The number of hydrogen-bond donors (Lipinski definition) is 2. The van der Waals surface area contributed by atoms with E-state index in [2.05, 4.69) is 58.7 Å². The number of hydrogen-bond acceptors (Lipinski definition) is 3. The van der Waals surface area contributed by atoms with Gasteiger partial charge in [-0.25, -0.2) is 4.98 Å². The summed E-state index contributed by atoms with van der Waals surface area (Å²) < 4.78 is 2.04. The first-order valence-electron chi connectivity index (χ1n) is 7.58. The van der Waals surface area contributed by atoms with Gasteiger partial charge in [-0.2, -0.15) is 0 Å². The van der Waals surface area contributed by atoms with Gasteiger partial charge in [0.05, 0.1) is 18.8 Å². The van der Waals surface area contributed by atoms with Crippen molar-refractivity contribution >= 4 is 46.9 Å². The fraction of sp³-hybridized carbons (Fsp3) is 0.294. The molecule has 0 aliphatic rings. The van der Waals surface area contributed by atoms with Gasteiger partial charge in [-0.15, -0.1) is 35.3 Å². The highest BCUT2D eigenvalue weighted by Gasteiger charge is 2.04. The van der Waals surface area contributed by atoms with Gasteiger partial charge in [0, 0.05) is 29.2 Å². The zero-order valence-corrected chi connectivity index (χ0v) is 17.2. The third-order valence-electron chi connectivity index (χ3n) is 3.55. The van der Waals surface area contributed by atoms with Crippen LogP contribution in [0.1, 0.15) is 21.0 Å². The fourth-order valence-electron chi connectivity index (χ4n) is 2.37. The van der Waals surface area contributed by atoms with Crippen molar-refractivity contribution in [2.75, 3.05) is 7.05 Å². The lowest BCUT2D eigenvalue weighted by molar-refractivity contribution is 0.804. The van der Waals surface area contributed by atoms with E-state index in [9.17, 15) is 0 Å². The second-order valence-corrected chi connectivity index (χ2v) is 6.87. The van der Waals surface area contributed by atoms with E-state index in [1.54, 1.807) is 18.4 Å². The summed E-state index contributed by atoms with van der Waals surface area (Å²) in [5.74, 6) is 0.782. The molecule has 3 heterocycles. The maximum Gasteiger partial charge on any atom is 0.191 e. The minimum Gasteiger partial charge on any atom is -0.352 e. The molecule has 0 atom stereocenters. The standard InChI is InChI=1S/C17H21N5S.HI/c1-12-6-7-22-11-14(21-16(22)8-12)9-19-17(18-3)20-10-15-5-4-13(2)23-15;/h4-8,11H,9-10H2,1-3H3,(H2,18,19,20);1H. The van der Waals surface area contributed by atoms with E-state index in [1.165, 1.54) is 15.3 Å². The van der Waals surface area contributed by atoms with Crippen LogP contribution in [0.15, 0.2) is 41.7 Å². The highest BCUT2D eigenvalue weighted by atomic mass is 127. The topological polar surface area (TPSA) is 53.7 Å². The number of halogens is 1. The Morgan fingerprint density at radius 2 is 2.00 bits per heavy atom. The molecule has 0 aliphatic carbocycles. The molecule has 0 aromatic carbocycles. The maximum absolute atomic E-state index is 4.62. The second kappa shape index (κ2) is 8.48. The molecule has 2 N–H and O–H groups in total. The van der Waals surface area contributed by atoms with Gasteiger partial charge in [-0.3, -0.25) is 4.99 Å². The number of fused-ring (bicyclic) bond motifs is 1. The van der Waals surface area contributed by atoms with Gasteiger partial charge in [0.25, 0.3) is 0 Å². The summed E-state index contributed by atoms with van der Waals surface area (Å²) in [6, 6.07) is 8.44. The molecule has 0 bridgehead atoms. The molecular weight excluding hydrogens is 433 g/mol. The molecule has 0 aliphatic heterocycles. The quantitative estimate of drug-likeness (QED) is 0.360. The number of nitrogens with one attached hydrogen (secondary N) is 2. The molecule has 5 nitrogen and oxygen atoms in total. The summed E-state index contributed by atoms with van der Waals surface area (Å²) in [5.41, 5.74) is 3.18. The van der Waals surface area contributed by atoms with E-state index in [0.717, 1.165) is 23.8 Å². The van der Waals surface area contributed by atoms with Crippen LogP contribution in [0.3, 0.4) is 0 Å². The molecule has 3 aromatic heterocycles. The number of rotatable bonds is 4. The first kappa shape index (κ1) is 18.7. The van der Waals surface area contributed by atoms with E-state index in [0.29, 0.717) is 6.54 Å². The van der Waals surface area contributed by atoms with Crippen LogP contribution in [0.25, 0.3) is 5.65 Å². The van der Waals surface area contributed by atoms with Crippen LogP contribution in [0.2, 0.25) is 0 Å². The monoisotopic (exact) mass is 455 g/mol. The molecule has 0 fully saturated rings. The number of aliphatic imine (C=N–C) groups is 1. The van der Waals surface area contributed by atoms with Gasteiger partial charge in [-0.05, 0) is 43.7 Å². The number of aromatic nitrogens is 2. The number of nitrogens with zero attached hydrogens (tertiary/aromatic N) is 3. The first-order valence-corrected chi connectivity index (χ1v) is 8.40. The number of imidazole rings is 1. The van der Waals surface area contributed by atoms with Crippen molar-refractivity contribution in [1.29, 1.82) is 0 Å². The van der Waals surface area contributed by atoms with Crippen molar-refractivity contribution in [2.24, 2.45) is 4.99 Å². The third-order valence-corrected chi connectivity index (χ3v) is 4.55. The SMILES string of the molecule is CN=C(NCc1cn2ccc(C)cc2n1)NCc1ccc(C)s1.I. The Morgan fingerprint density at radius 3 is 2.71 bits per heavy atom. The third kappa shape index (κ3) is 4.70. The van der Waals surface area contributed by atoms with Crippen LogP contribution in [-0.4, -0.2) is 22.4 Å². The Bertz CT molecular complexity index is 836. The van der Waals surface area contributed by atoms with Crippen LogP contribution in [0.5, 0.6) is 0 Å². The summed E-state index contributed by atoms with van der Waals surface area (Å²) >= 11 is 1.80. The molecule has 24 heavy (non-hydrogen) atoms. The zero-order chi connectivity index (χ0) is 16.2. The van der Waals surface area contributed by atoms with E-state index in [4.69, 9.17) is 0 Å². The van der Waals surface area contributed by atoms with E-state index in [1.807, 2.05) is 16.8 Å². The van der Waals surface area contributed by atoms with Gasteiger partial charge in [0.2, 0.25) is 0 Å².